The Morgan fingerprint density at radius 1 is 1.50 bits per heavy atom. The summed E-state index contributed by atoms with van der Waals surface area (Å²) in [6, 6.07) is 4.29. The van der Waals surface area contributed by atoms with Gasteiger partial charge in [-0.25, -0.2) is 9.37 Å². The molecule has 2 rings (SSSR count). The maximum absolute atomic E-state index is 13.7. The highest BCUT2D eigenvalue weighted by molar-refractivity contribution is 6.30. The largest absolute Gasteiger partial charge is 0.323 e. The van der Waals surface area contributed by atoms with Crippen molar-refractivity contribution in [2.75, 3.05) is 0 Å². The van der Waals surface area contributed by atoms with Gasteiger partial charge in [0.25, 0.3) is 0 Å². The maximum atomic E-state index is 13.7. The molecule has 0 radical (unpaired) electrons. The molecular formula is C11H11ClFN3. The van der Waals surface area contributed by atoms with Crippen LogP contribution in [0, 0.1) is 5.82 Å². The molecule has 0 fully saturated rings. The van der Waals surface area contributed by atoms with Crippen molar-refractivity contribution in [3.8, 4) is 5.69 Å². The highest BCUT2D eigenvalue weighted by atomic mass is 35.5. The van der Waals surface area contributed by atoms with Crippen molar-refractivity contribution in [1.82, 2.24) is 9.55 Å². The SMILES string of the molecule is CC(N)c1cncn1-c1ccc(Cl)cc1F. The van der Waals surface area contributed by atoms with E-state index in [0.29, 0.717) is 10.7 Å². The highest BCUT2D eigenvalue weighted by Gasteiger charge is 2.11. The van der Waals surface area contributed by atoms with Gasteiger partial charge in [-0.15, -0.1) is 0 Å². The molecule has 0 bridgehead atoms. The summed E-state index contributed by atoms with van der Waals surface area (Å²) >= 11 is 5.69. The molecule has 5 heteroatoms. The van der Waals surface area contributed by atoms with Gasteiger partial charge in [0.1, 0.15) is 5.82 Å². The van der Waals surface area contributed by atoms with Crippen molar-refractivity contribution in [2.24, 2.45) is 5.73 Å². The maximum Gasteiger partial charge on any atom is 0.148 e. The van der Waals surface area contributed by atoms with E-state index in [1.165, 1.54) is 12.4 Å². The van der Waals surface area contributed by atoms with Crippen LogP contribution in [-0.4, -0.2) is 9.55 Å². The first-order chi connectivity index (χ1) is 7.59. The smallest absolute Gasteiger partial charge is 0.148 e. The summed E-state index contributed by atoms with van der Waals surface area (Å²) in [4.78, 5) is 3.97. The minimum absolute atomic E-state index is 0.211. The van der Waals surface area contributed by atoms with Gasteiger partial charge >= 0.3 is 0 Å². The van der Waals surface area contributed by atoms with E-state index < -0.39 is 5.82 Å². The lowest BCUT2D eigenvalue weighted by Gasteiger charge is -2.11. The molecule has 84 valence electrons. The van der Waals surface area contributed by atoms with Crippen LogP contribution in [0.2, 0.25) is 5.02 Å². The average molecular weight is 240 g/mol. The Morgan fingerprint density at radius 3 is 2.88 bits per heavy atom. The molecule has 1 aromatic carbocycles. The van der Waals surface area contributed by atoms with Gasteiger partial charge in [0.2, 0.25) is 0 Å². The first kappa shape index (κ1) is 11.1. The predicted octanol–water partition coefficient (Wildman–Crippen LogP) is 2.68. The minimum Gasteiger partial charge on any atom is -0.323 e. The highest BCUT2D eigenvalue weighted by Crippen LogP contribution is 2.21. The van der Waals surface area contributed by atoms with Crippen LogP contribution in [0.15, 0.2) is 30.7 Å². The van der Waals surface area contributed by atoms with Crippen LogP contribution >= 0.6 is 11.6 Å². The third kappa shape index (κ3) is 1.94. The second-order valence-electron chi connectivity index (χ2n) is 3.57. The molecule has 3 nitrogen and oxygen atoms in total. The Bertz CT molecular complexity index is 508. The van der Waals surface area contributed by atoms with Crippen LogP contribution in [0.25, 0.3) is 5.69 Å². The fraction of sp³-hybridized carbons (Fsp3) is 0.182. The Labute approximate surface area is 97.7 Å². The molecule has 0 spiro atoms. The van der Waals surface area contributed by atoms with E-state index in [2.05, 4.69) is 4.98 Å². The third-order valence-electron chi connectivity index (χ3n) is 2.30. The molecule has 1 unspecified atom stereocenters. The first-order valence-corrected chi connectivity index (χ1v) is 5.20. The zero-order chi connectivity index (χ0) is 11.7. The van der Waals surface area contributed by atoms with Gasteiger partial charge < -0.3 is 5.73 Å². The van der Waals surface area contributed by atoms with Gasteiger partial charge in [0.15, 0.2) is 0 Å². The number of hydrogen-bond acceptors (Lipinski definition) is 2. The van der Waals surface area contributed by atoms with Gasteiger partial charge in [-0.3, -0.25) is 4.57 Å². The first-order valence-electron chi connectivity index (χ1n) is 4.83. The minimum atomic E-state index is -0.396. The number of aromatic nitrogens is 2. The standard InChI is InChI=1S/C11H11ClFN3/c1-7(14)11-5-15-6-16(11)10-3-2-8(12)4-9(10)13/h2-7H,14H2,1H3. The molecule has 2 aromatic rings. The van der Waals surface area contributed by atoms with E-state index in [0.717, 1.165) is 5.69 Å². The number of halogens is 2. The molecule has 0 aliphatic heterocycles. The van der Waals surface area contributed by atoms with Gasteiger partial charge in [-0.1, -0.05) is 11.6 Å². The number of nitrogens with zero attached hydrogens (tertiary/aromatic N) is 2. The summed E-state index contributed by atoms with van der Waals surface area (Å²) in [6.45, 7) is 1.82. The summed E-state index contributed by atoms with van der Waals surface area (Å²) in [5.41, 5.74) is 6.92. The molecule has 1 aromatic heterocycles. The van der Waals surface area contributed by atoms with Crippen LogP contribution in [0.5, 0.6) is 0 Å². The quantitative estimate of drug-likeness (QED) is 0.876. The summed E-state index contributed by atoms with van der Waals surface area (Å²) in [5.74, 6) is -0.396. The van der Waals surface area contributed by atoms with Crippen LogP contribution in [0.3, 0.4) is 0 Å². The number of nitrogens with two attached hydrogens (primary N) is 1. The Morgan fingerprint density at radius 2 is 2.25 bits per heavy atom. The van der Waals surface area contributed by atoms with Crippen molar-refractivity contribution in [2.45, 2.75) is 13.0 Å². The molecule has 1 atom stereocenters. The number of hydrogen-bond donors (Lipinski definition) is 1. The zero-order valence-electron chi connectivity index (χ0n) is 8.69. The van der Waals surface area contributed by atoms with E-state index in [1.54, 1.807) is 22.9 Å². The molecule has 1 heterocycles. The molecule has 0 saturated carbocycles. The van der Waals surface area contributed by atoms with E-state index in [1.807, 2.05) is 6.92 Å². The topological polar surface area (TPSA) is 43.8 Å². The van der Waals surface area contributed by atoms with E-state index in [9.17, 15) is 4.39 Å². The molecular weight excluding hydrogens is 229 g/mol. The summed E-state index contributed by atoms with van der Waals surface area (Å²) < 4.78 is 15.3. The predicted molar refractivity (Wildman–Crippen MR) is 61.1 cm³/mol. The summed E-state index contributed by atoms with van der Waals surface area (Å²) in [7, 11) is 0. The lowest BCUT2D eigenvalue weighted by molar-refractivity contribution is 0.612. The average Bonchev–Trinajstić information content (AvgIpc) is 2.66. The van der Waals surface area contributed by atoms with Gasteiger partial charge in [-0.2, -0.15) is 0 Å². The molecule has 0 saturated heterocycles. The van der Waals surface area contributed by atoms with Crippen LogP contribution in [-0.2, 0) is 0 Å². The van der Waals surface area contributed by atoms with Crippen molar-refractivity contribution in [3.63, 3.8) is 0 Å². The van der Waals surface area contributed by atoms with Gasteiger partial charge in [0, 0.05) is 11.1 Å². The van der Waals surface area contributed by atoms with Crippen molar-refractivity contribution < 1.29 is 4.39 Å². The van der Waals surface area contributed by atoms with Gasteiger partial charge in [0.05, 0.1) is 23.9 Å². The second-order valence-corrected chi connectivity index (χ2v) is 4.01. The fourth-order valence-corrected chi connectivity index (χ4v) is 1.68. The Balaban J connectivity index is 2.54. The summed E-state index contributed by atoms with van der Waals surface area (Å²) in [5, 5.41) is 0.365. The molecule has 0 aliphatic carbocycles. The van der Waals surface area contributed by atoms with Crippen molar-refractivity contribution in [1.29, 1.82) is 0 Å². The number of rotatable bonds is 2. The molecule has 0 aliphatic rings. The Kier molecular flexibility index (Phi) is 2.94. The van der Waals surface area contributed by atoms with Crippen LogP contribution < -0.4 is 5.73 Å². The van der Waals surface area contributed by atoms with Gasteiger partial charge in [-0.05, 0) is 25.1 Å². The van der Waals surface area contributed by atoms with Crippen LogP contribution in [0.4, 0.5) is 4.39 Å². The normalized spacial score (nSPS) is 12.8. The molecule has 16 heavy (non-hydrogen) atoms. The third-order valence-corrected chi connectivity index (χ3v) is 2.54. The lowest BCUT2D eigenvalue weighted by Crippen LogP contribution is -2.11. The van der Waals surface area contributed by atoms with E-state index in [4.69, 9.17) is 17.3 Å². The van der Waals surface area contributed by atoms with E-state index >= 15 is 0 Å². The fourth-order valence-electron chi connectivity index (χ4n) is 1.52. The summed E-state index contributed by atoms with van der Waals surface area (Å²) in [6.07, 6.45) is 3.16. The number of imidazole rings is 1. The second kappa shape index (κ2) is 4.23. The zero-order valence-corrected chi connectivity index (χ0v) is 9.45. The molecule has 2 N–H and O–H groups in total. The lowest BCUT2D eigenvalue weighted by atomic mass is 10.2. The van der Waals surface area contributed by atoms with Crippen molar-refractivity contribution >= 4 is 11.6 Å². The Hall–Kier alpha value is -1.39. The van der Waals surface area contributed by atoms with Crippen molar-refractivity contribution in [3.05, 3.63) is 47.3 Å². The monoisotopic (exact) mass is 239 g/mol. The number of benzene rings is 1. The molecule has 0 amide bonds. The van der Waals surface area contributed by atoms with E-state index in [-0.39, 0.29) is 6.04 Å². The van der Waals surface area contributed by atoms with Crippen LogP contribution in [0.1, 0.15) is 18.7 Å².